The predicted octanol–water partition coefficient (Wildman–Crippen LogP) is 3.07. The minimum atomic E-state index is -4.32. The lowest BCUT2D eigenvalue weighted by Gasteiger charge is -2.37. The number of nitrogens with zero attached hydrogens (tertiary/aromatic N) is 2. The molecule has 0 spiro atoms. The molecule has 20 heavy (non-hydrogen) atoms. The molecule has 2 heterocycles. The Kier molecular flexibility index (Phi) is 4.86. The summed E-state index contributed by atoms with van der Waals surface area (Å²) in [5.74, 6) is 0.639. The summed E-state index contributed by atoms with van der Waals surface area (Å²) < 4.78 is 37.6. The van der Waals surface area contributed by atoms with E-state index in [1.54, 1.807) is 0 Å². The van der Waals surface area contributed by atoms with E-state index in [1.807, 2.05) is 6.92 Å². The van der Waals surface area contributed by atoms with Crippen molar-refractivity contribution in [2.24, 2.45) is 0 Å². The third-order valence-electron chi connectivity index (χ3n) is 3.63. The van der Waals surface area contributed by atoms with Gasteiger partial charge in [-0.05, 0) is 37.9 Å². The highest BCUT2D eigenvalue weighted by molar-refractivity contribution is 5.41. The molecule has 1 aromatic heterocycles. The molecule has 112 valence electrons. The van der Waals surface area contributed by atoms with Gasteiger partial charge < -0.3 is 10.2 Å². The minimum Gasteiger partial charge on any atom is -0.352 e. The molecule has 0 saturated carbocycles. The summed E-state index contributed by atoms with van der Waals surface area (Å²) in [4.78, 5) is 6.12. The molecule has 3 nitrogen and oxygen atoms in total. The highest BCUT2D eigenvalue weighted by atomic mass is 19.4. The lowest BCUT2D eigenvalue weighted by molar-refractivity contribution is -0.137. The molecule has 1 fully saturated rings. The van der Waals surface area contributed by atoms with E-state index in [-0.39, 0.29) is 0 Å². The maximum absolute atomic E-state index is 12.5. The van der Waals surface area contributed by atoms with Gasteiger partial charge in [0.15, 0.2) is 0 Å². The van der Waals surface area contributed by atoms with Gasteiger partial charge in [-0.3, -0.25) is 0 Å². The maximum Gasteiger partial charge on any atom is 0.417 e. The molecule has 1 N–H and O–H groups in total. The predicted molar refractivity (Wildman–Crippen MR) is 72.8 cm³/mol. The molecule has 6 heteroatoms. The Morgan fingerprint density at radius 2 is 2.15 bits per heavy atom. The SMILES string of the molecule is CCNCC1CCCCN1c1ccc(C(F)(F)F)cn1. The first-order valence-corrected chi connectivity index (χ1v) is 7.03. The van der Waals surface area contributed by atoms with Gasteiger partial charge in [-0.15, -0.1) is 0 Å². The van der Waals surface area contributed by atoms with Crippen LogP contribution in [0, 0.1) is 0 Å². The van der Waals surface area contributed by atoms with E-state index in [2.05, 4.69) is 15.2 Å². The standard InChI is InChI=1S/C14H20F3N3/c1-2-18-10-12-5-3-4-8-20(12)13-7-6-11(9-19-13)14(15,16)17/h6-7,9,12,18H,2-5,8,10H2,1H3. The van der Waals surface area contributed by atoms with Crippen molar-refractivity contribution in [3.8, 4) is 0 Å². The lowest BCUT2D eigenvalue weighted by atomic mass is 10.0. The van der Waals surface area contributed by atoms with Crippen molar-refractivity contribution in [3.63, 3.8) is 0 Å². The van der Waals surface area contributed by atoms with Gasteiger partial charge in [0.05, 0.1) is 5.56 Å². The molecule has 1 aromatic rings. The van der Waals surface area contributed by atoms with Crippen molar-refractivity contribution in [1.29, 1.82) is 0 Å². The molecular weight excluding hydrogens is 267 g/mol. The summed E-state index contributed by atoms with van der Waals surface area (Å²) >= 11 is 0. The van der Waals surface area contributed by atoms with Crippen LogP contribution in [-0.4, -0.2) is 30.7 Å². The van der Waals surface area contributed by atoms with Crippen LogP contribution in [-0.2, 0) is 6.18 Å². The number of pyridine rings is 1. The molecule has 0 radical (unpaired) electrons. The second-order valence-corrected chi connectivity index (χ2v) is 5.05. The van der Waals surface area contributed by atoms with Crippen molar-refractivity contribution in [1.82, 2.24) is 10.3 Å². The van der Waals surface area contributed by atoms with E-state index >= 15 is 0 Å². The number of rotatable bonds is 4. The third-order valence-corrected chi connectivity index (χ3v) is 3.63. The largest absolute Gasteiger partial charge is 0.417 e. The highest BCUT2D eigenvalue weighted by Crippen LogP contribution is 2.30. The van der Waals surface area contributed by atoms with Gasteiger partial charge in [0.2, 0.25) is 0 Å². The molecular formula is C14H20F3N3. The average Bonchev–Trinajstić information content (AvgIpc) is 2.45. The number of likely N-dealkylation sites (N-methyl/N-ethyl adjacent to an activating group) is 1. The molecule has 1 atom stereocenters. The van der Waals surface area contributed by atoms with Gasteiger partial charge in [0.1, 0.15) is 5.82 Å². The van der Waals surface area contributed by atoms with E-state index < -0.39 is 11.7 Å². The molecule has 1 unspecified atom stereocenters. The molecule has 0 aliphatic carbocycles. The fraction of sp³-hybridized carbons (Fsp3) is 0.643. The van der Waals surface area contributed by atoms with Crippen molar-refractivity contribution < 1.29 is 13.2 Å². The van der Waals surface area contributed by atoms with Crippen LogP contribution in [0.2, 0.25) is 0 Å². The normalized spacial score (nSPS) is 20.2. The topological polar surface area (TPSA) is 28.2 Å². The summed E-state index contributed by atoms with van der Waals surface area (Å²) in [6.07, 6.45) is -0.126. The Balaban J connectivity index is 2.11. The summed E-state index contributed by atoms with van der Waals surface area (Å²) in [6, 6.07) is 2.90. The summed E-state index contributed by atoms with van der Waals surface area (Å²) in [7, 11) is 0. The zero-order chi connectivity index (χ0) is 14.6. The molecule has 0 aromatic carbocycles. The van der Waals surface area contributed by atoms with Gasteiger partial charge in [0, 0.05) is 25.3 Å². The zero-order valence-corrected chi connectivity index (χ0v) is 11.6. The Hall–Kier alpha value is -1.30. The number of nitrogens with one attached hydrogen (secondary N) is 1. The molecule has 0 amide bonds. The summed E-state index contributed by atoms with van der Waals surface area (Å²) in [5, 5.41) is 3.30. The quantitative estimate of drug-likeness (QED) is 0.922. The van der Waals surface area contributed by atoms with Gasteiger partial charge in [-0.1, -0.05) is 6.92 Å². The molecule has 1 aliphatic rings. The van der Waals surface area contributed by atoms with E-state index in [0.717, 1.165) is 51.2 Å². The summed E-state index contributed by atoms with van der Waals surface area (Å²) in [5.41, 5.74) is -0.693. The number of anilines is 1. The van der Waals surface area contributed by atoms with Crippen LogP contribution in [0.3, 0.4) is 0 Å². The highest BCUT2D eigenvalue weighted by Gasteiger charge is 2.31. The number of alkyl halides is 3. The van der Waals surface area contributed by atoms with Crippen LogP contribution in [0.15, 0.2) is 18.3 Å². The number of piperidine rings is 1. The van der Waals surface area contributed by atoms with Gasteiger partial charge in [-0.25, -0.2) is 4.98 Å². The van der Waals surface area contributed by atoms with Gasteiger partial charge in [-0.2, -0.15) is 13.2 Å². The first-order chi connectivity index (χ1) is 9.52. The Bertz CT molecular complexity index is 417. The molecule has 1 saturated heterocycles. The van der Waals surface area contributed by atoms with Crippen molar-refractivity contribution in [3.05, 3.63) is 23.9 Å². The van der Waals surface area contributed by atoms with Crippen LogP contribution in [0.5, 0.6) is 0 Å². The second kappa shape index (κ2) is 6.43. The van der Waals surface area contributed by atoms with Crippen LogP contribution < -0.4 is 10.2 Å². The van der Waals surface area contributed by atoms with E-state index in [1.165, 1.54) is 6.07 Å². The Labute approximate surface area is 117 Å². The lowest BCUT2D eigenvalue weighted by Crippen LogP contribution is -2.46. The fourth-order valence-electron chi connectivity index (χ4n) is 2.55. The van der Waals surface area contributed by atoms with Crippen LogP contribution in [0.4, 0.5) is 19.0 Å². The molecule has 2 rings (SSSR count). The number of hydrogen-bond donors (Lipinski definition) is 1. The average molecular weight is 287 g/mol. The van der Waals surface area contributed by atoms with Crippen LogP contribution >= 0.6 is 0 Å². The van der Waals surface area contributed by atoms with Crippen molar-refractivity contribution >= 4 is 5.82 Å². The van der Waals surface area contributed by atoms with Gasteiger partial charge in [0.25, 0.3) is 0 Å². The Morgan fingerprint density at radius 1 is 1.35 bits per heavy atom. The number of aromatic nitrogens is 1. The third kappa shape index (κ3) is 3.62. The van der Waals surface area contributed by atoms with Crippen molar-refractivity contribution in [2.75, 3.05) is 24.5 Å². The molecule has 1 aliphatic heterocycles. The van der Waals surface area contributed by atoms with Gasteiger partial charge >= 0.3 is 6.18 Å². The monoisotopic (exact) mass is 287 g/mol. The smallest absolute Gasteiger partial charge is 0.352 e. The van der Waals surface area contributed by atoms with Crippen LogP contribution in [0.1, 0.15) is 31.7 Å². The fourth-order valence-corrected chi connectivity index (χ4v) is 2.55. The first kappa shape index (κ1) is 15.1. The van der Waals surface area contributed by atoms with Crippen molar-refractivity contribution in [2.45, 2.75) is 38.4 Å². The first-order valence-electron chi connectivity index (χ1n) is 7.03. The minimum absolute atomic E-state index is 0.313. The number of halogens is 3. The number of hydrogen-bond acceptors (Lipinski definition) is 3. The van der Waals surface area contributed by atoms with E-state index in [4.69, 9.17) is 0 Å². The summed E-state index contributed by atoms with van der Waals surface area (Å²) in [6.45, 7) is 4.64. The maximum atomic E-state index is 12.5. The van der Waals surface area contributed by atoms with E-state index in [0.29, 0.717) is 11.9 Å². The van der Waals surface area contributed by atoms with E-state index in [9.17, 15) is 13.2 Å². The Morgan fingerprint density at radius 3 is 2.75 bits per heavy atom. The van der Waals surface area contributed by atoms with Crippen LogP contribution in [0.25, 0.3) is 0 Å². The second-order valence-electron chi connectivity index (χ2n) is 5.05. The molecule has 0 bridgehead atoms. The zero-order valence-electron chi connectivity index (χ0n) is 11.6.